The number of halogens is 3. The molecule has 3 aliphatic rings. The van der Waals surface area contributed by atoms with Gasteiger partial charge < -0.3 is 11.1 Å². The van der Waals surface area contributed by atoms with E-state index in [0.29, 0.717) is 28.4 Å². The number of rotatable bonds is 6. The quantitative estimate of drug-likeness (QED) is 0.353. The Morgan fingerprint density at radius 1 is 1.24 bits per heavy atom. The Kier molecular flexibility index (Phi) is 7.58. The van der Waals surface area contributed by atoms with Crippen LogP contribution in [-0.4, -0.2) is 59.0 Å². The molecule has 11 heteroatoms. The first kappa shape index (κ1) is 29.9. The second kappa shape index (κ2) is 10.6. The Labute approximate surface area is 254 Å². The van der Waals surface area contributed by atoms with Gasteiger partial charge in [0.1, 0.15) is 16.9 Å². The fourth-order valence-corrected chi connectivity index (χ4v) is 7.09. The molecule has 2 aromatic rings. The van der Waals surface area contributed by atoms with Gasteiger partial charge in [-0.3, -0.25) is 29.2 Å². The summed E-state index contributed by atoms with van der Waals surface area (Å²) in [5, 5.41) is 3.33. The third kappa shape index (κ3) is 4.64. The molecule has 4 atom stereocenters. The Morgan fingerprint density at radius 2 is 1.95 bits per heavy atom. The molecule has 3 aliphatic heterocycles. The van der Waals surface area contributed by atoms with Crippen LogP contribution in [0, 0.1) is 11.2 Å². The number of nitrogens with two attached hydrogens (primary N) is 1. The molecule has 0 aliphatic carbocycles. The minimum Gasteiger partial charge on any atom is -0.364 e. The molecule has 1 spiro atoms. The monoisotopic (exact) mass is 611 g/mol. The fraction of sp³-hybridized carbons (Fsp3) is 0.355. The molecule has 8 nitrogen and oxygen atoms in total. The minimum absolute atomic E-state index is 0.0182. The number of anilines is 1. The normalized spacial score (nSPS) is 25.8. The van der Waals surface area contributed by atoms with Gasteiger partial charge in [-0.25, -0.2) is 4.39 Å². The van der Waals surface area contributed by atoms with Gasteiger partial charge in [-0.2, -0.15) is 0 Å². The van der Waals surface area contributed by atoms with Crippen molar-refractivity contribution in [2.45, 2.75) is 50.6 Å². The van der Waals surface area contributed by atoms with Crippen LogP contribution in [0.2, 0.25) is 10.0 Å². The smallest absolute Gasteiger partial charge is 0.266 e. The first-order valence-corrected chi connectivity index (χ1v) is 14.2. The summed E-state index contributed by atoms with van der Waals surface area (Å²) in [6.07, 6.45) is 3.40. The maximum Gasteiger partial charge on any atom is 0.266 e. The van der Waals surface area contributed by atoms with E-state index in [1.807, 2.05) is 4.90 Å². The highest BCUT2D eigenvalue weighted by Gasteiger charge is 2.71. The second-order valence-electron chi connectivity index (χ2n) is 12.1. The predicted octanol–water partition coefficient (Wildman–Crippen LogP) is 5.02. The number of carbonyl (C=O) groups excluding carboxylic acids is 3. The summed E-state index contributed by atoms with van der Waals surface area (Å²) in [5.74, 6) is -3.00. The van der Waals surface area contributed by atoms with Gasteiger partial charge in [0.25, 0.3) is 5.91 Å². The van der Waals surface area contributed by atoms with Crippen LogP contribution >= 0.6 is 23.2 Å². The third-order valence-electron chi connectivity index (χ3n) is 8.36. The van der Waals surface area contributed by atoms with Crippen molar-refractivity contribution in [1.82, 2.24) is 9.80 Å². The van der Waals surface area contributed by atoms with Crippen molar-refractivity contribution < 1.29 is 18.8 Å². The standard InChI is InChI=1S/C31H32Cl2FN5O3/c1-16(9-12-21(36-5)27(35)40)38-15-39-23(14-30(2,3)4)31(19-11-10-17(32)13-22(19)37-29(31)42)24(26(39)28(38)41)18-7-6-8-20(33)25(18)34/h6-13,23-24,26H,1,14-15H2,2-5H3,(H2,35,40)(H,37,42). The van der Waals surface area contributed by atoms with Gasteiger partial charge in [0.05, 0.1) is 17.7 Å². The fourth-order valence-electron chi connectivity index (χ4n) is 6.73. The summed E-state index contributed by atoms with van der Waals surface area (Å²) < 4.78 is 16.0. The largest absolute Gasteiger partial charge is 0.364 e. The van der Waals surface area contributed by atoms with E-state index in [1.165, 1.54) is 30.2 Å². The average molecular weight is 613 g/mol. The van der Waals surface area contributed by atoms with Crippen LogP contribution in [0.25, 0.3) is 0 Å². The molecule has 220 valence electrons. The number of nitrogens with one attached hydrogen (secondary N) is 1. The number of carbonyl (C=O) groups is 3. The summed E-state index contributed by atoms with van der Waals surface area (Å²) in [6, 6.07) is 8.40. The first-order chi connectivity index (χ1) is 19.7. The van der Waals surface area contributed by atoms with Crippen molar-refractivity contribution in [3.63, 3.8) is 0 Å². The molecule has 4 unspecified atom stereocenters. The van der Waals surface area contributed by atoms with Gasteiger partial charge in [-0.15, -0.1) is 0 Å². The molecular weight excluding hydrogens is 580 g/mol. The Morgan fingerprint density at radius 3 is 2.60 bits per heavy atom. The highest BCUT2D eigenvalue weighted by atomic mass is 35.5. The topological polar surface area (TPSA) is 108 Å². The van der Waals surface area contributed by atoms with Crippen molar-refractivity contribution in [1.29, 1.82) is 0 Å². The molecule has 5 rings (SSSR count). The van der Waals surface area contributed by atoms with Gasteiger partial charge in [0, 0.05) is 35.4 Å². The minimum atomic E-state index is -1.32. The van der Waals surface area contributed by atoms with Crippen LogP contribution in [0.3, 0.4) is 0 Å². The summed E-state index contributed by atoms with van der Waals surface area (Å²) in [5.41, 5.74) is 5.46. The molecule has 2 aromatic carbocycles. The number of fused-ring (bicyclic) bond motifs is 3. The Hall–Kier alpha value is -3.53. The molecule has 0 saturated carbocycles. The lowest BCUT2D eigenvalue weighted by Crippen LogP contribution is -2.52. The number of primary amides is 1. The zero-order valence-electron chi connectivity index (χ0n) is 23.7. The number of allylic oxidation sites excluding steroid dienone is 1. The molecule has 0 aromatic heterocycles. The van der Waals surface area contributed by atoms with E-state index in [9.17, 15) is 14.4 Å². The molecule has 42 heavy (non-hydrogen) atoms. The summed E-state index contributed by atoms with van der Waals surface area (Å²) >= 11 is 12.6. The number of hydrogen-bond donors (Lipinski definition) is 2. The van der Waals surface area contributed by atoms with Crippen LogP contribution in [0.5, 0.6) is 0 Å². The molecule has 0 bridgehead atoms. The predicted molar refractivity (Wildman–Crippen MR) is 162 cm³/mol. The van der Waals surface area contributed by atoms with Crippen molar-refractivity contribution in [3.8, 4) is 0 Å². The zero-order chi connectivity index (χ0) is 30.7. The number of benzene rings is 2. The highest BCUT2D eigenvalue weighted by Crippen LogP contribution is 2.61. The zero-order valence-corrected chi connectivity index (χ0v) is 25.3. The third-order valence-corrected chi connectivity index (χ3v) is 8.89. The van der Waals surface area contributed by atoms with Crippen molar-refractivity contribution >= 4 is 52.3 Å². The van der Waals surface area contributed by atoms with Crippen LogP contribution in [0.4, 0.5) is 10.1 Å². The van der Waals surface area contributed by atoms with Crippen molar-refractivity contribution in [2.75, 3.05) is 19.0 Å². The van der Waals surface area contributed by atoms with Gasteiger partial charge in [0.15, 0.2) is 0 Å². The lowest BCUT2D eigenvalue weighted by molar-refractivity contribution is -0.128. The molecule has 2 saturated heterocycles. The molecule has 3 N–H and O–H groups in total. The van der Waals surface area contributed by atoms with Crippen LogP contribution < -0.4 is 11.1 Å². The lowest BCUT2D eigenvalue weighted by atomic mass is 9.62. The molecular formula is C31H32Cl2FN5O3. The van der Waals surface area contributed by atoms with Gasteiger partial charge in [-0.05, 0) is 53.3 Å². The van der Waals surface area contributed by atoms with Crippen LogP contribution in [0.1, 0.15) is 44.2 Å². The lowest BCUT2D eigenvalue weighted by Gasteiger charge is -2.40. The van der Waals surface area contributed by atoms with E-state index in [0.717, 1.165) is 0 Å². The van der Waals surface area contributed by atoms with Gasteiger partial charge in [0.2, 0.25) is 11.8 Å². The van der Waals surface area contributed by atoms with E-state index in [1.54, 1.807) is 30.3 Å². The average Bonchev–Trinajstić information content (AvgIpc) is 3.48. The number of hydrogen-bond acceptors (Lipinski definition) is 5. The van der Waals surface area contributed by atoms with E-state index in [-0.39, 0.29) is 40.2 Å². The summed E-state index contributed by atoms with van der Waals surface area (Å²) in [4.78, 5) is 47.6. The SMILES string of the molecule is C=C(C=CC(=NC)C(N)=O)N1CN2C(C1=O)C(c1cccc(Cl)c1F)C1(C(=O)Nc3cc(Cl)ccc31)C2CC(C)(C)C. The van der Waals surface area contributed by atoms with E-state index >= 15 is 4.39 Å². The molecule has 3 heterocycles. The summed E-state index contributed by atoms with van der Waals surface area (Å²) in [7, 11) is 1.43. The maximum absolute atomic E-state index is 16.0. The van der Waals surface area contributed by atoms with Crippen molar-refractivity contribution in [2.24, 2.45) is 16.1 Å². The molecule has 2 fully saturated rings. The van der Waals surface area contributed by atoms with E-state index < -0.39 is 35.1 Å². The summed E-state index contributed by atoms with van der Waals surface area (Å²) in [6.45, 7) is 10.3. The Balaban J connectivity index is 1.72. The Bertz CT molecular complexity index is 1580. The van der Waals surface area contributed by atoms with E-state index in [4.69, 9.17) is 28.9 Å². The van der Waals surface area contributed by atoms with Crippen LogP contribution in [0.15, 0.2) is 65.8 Å². The number of aliphatic imine (C=N–C) groups is 1. The maximum atomic E-state index is 16.0. The molecule has 0 radical (unpaired) electrons. The van der Waals surface area contributed by atoms with Gasteiger partial charge in [-0.1, -0.05) is 68.8 Å². The first-order valence-electron chi connectivity index (χ1n) is 13.5. The van der Waals surface area contributed by atoms with E-state index in [2.05, 4.69) is 37.7 Å². The number of amides is 3. The van der Waals surface area contributed by atoms with Crippen LogP contribution in [-0.2, 0) is 19.8 Å². The highest BCUT2D eigenvalue weighted by molar-refractivity contribution is 6.42. The molecule has 3 amide bonds. The number of nitrogens with zero attached hydrogens (tertiary/aromatic N) is 3. The van der Waals surface area contributed by atoms with Gasteiger partial charge >= 0.3 is 0 Å². The van der Waals surface area contributed by atoms with Crippen molar-refractivity contribution in [3.05, 3.63) is 87.8 Å². The second-order valence-corrected chi connectivity index (χ2v) is 12.9.